The van der Waals surface area contributed by atoms with Gasteiger partial charge in [0.15, 0.2) is 0 Å². The van der Waals surface area contributed by atoms with Crippen molar-refractivity contribution in [2.45, 2.75) is 32.4 Å². The zero-order valence-corrected chi connectivity index (χ0v) is 20.7. The fourth-order valence-electron chi connectivity index (χ4n) is 3.60. The molecule has 0 aliphatic rings. The highest BCUT2D eigenvalue weighted by molar-refractivity contribution is 7.13. The number of amides is 1. The number of hydrogen-bond donors (Lipinski definition) is 3. The first kappa shape index (κ1) is 23.2. The minimum Gasteiger partial charge on any atom is -0.493 e. The van der Waals surface area contributed by atoms with Crippen LogP contribution in [-0.4, -0.2) is 41.5 Å². The molecule has 4 heterocycles. The van der Waals surface area contributed by atoms with Crippen LogP contribution in [0.2, 0.25) is 0 Å². The van der Waals surface area contributed by atoms with Crippen LogP contribution < -0.4 is 5.32 Å². The molecule has 0 unspecified atom stereocenters. The molecule has 3 N–H and O–H groups in total. The maximum Gasteiger partial charge on any atom is 0.275 e. The van der Waals surface area contributed by atoms with Gasteiger partial charge >= 0.3 is 0 Å². The van der Waals surface area contributed by atoms with Crippen molar-refractivity contribution in [1.29, 1.82) is 0 Å². The van der Waals surface area contributed by atoms with Gasteiger partial charge in [-0.3, -0.25) is 9.48 Å². The molecule has 0 atom stereocenters. The number of carbonyl (C=O) groups excluding carboxylic acids is 1. The van der Waals surface area contributed by atoms with E-state index in [-0.39, 0.29) is 11.8 Å². The number of carbonyl (C=O) groups is 1. The van der Waals surface area contributed by atoms with Crippen LogP contribution >= 0.6 is 22.7 Å². The van der Waals surface area contributed by atoms with E-state index >= 15 is 0 Å². The minimum atomic E-state index is -0.776. The fraction of sp³-hybridized carbons (Fsp3) is 0.200. The smallest absolute Gasteiger partial charge is 0.275 e. The molecule has 10 heteroatoms. The van der Waals surface area contributed by atoms with Crippen LogP contribution in [0.1, 0.15) is 30.8 Å². The summed E-state index contributed by atoms with van der Waals surface area (Å²) in [6.07, 6.45) is 4.02. The van der Waals surface area contributed by atoms with Gasteiger partial charge in [-0.15, -0.1) is 11.3 Å². The van der Waals surface area contributed by atoms with Crippen molar-refractivity contribution in [3.8, 4) is 27.6 Å². The van der Waals surface area contributed by atoms with Gasteiger partial charge < -0.3 is 15.5 Å². The van der Waals surface area contributed by atoms with Gasteiger partial charge in [-0.05, 0) is 60.9 Å². The lowest BCUT2D eigenvalue weighted by Crippen LogP contribution is -2.21. The highest BCUT2D eigenvalue weighted by Crippen LogP contribution is 2.34. The normalized spacial score (nSPS) is 11.7. The van der Waals surface area contributed by atoms with Crippen molar-refractivity contribution in [3.05, 3.63) is 64.6 Å². The van der Waals surface area contributed by atoms with E-state index < -0.39 is 5.60 Å². The Balaban J connectivity index is 1.45. The highest BCUT2D eigenvalue weighted by atomic mass is 32.1. The van der Waals surface area contributed by atoms with Crippen molar-refractivity contribution in [2.75, 3.05) is 5.32 Å². The van der Waals surface area contributed by atoms with E-state index in [9.17, 15) is 15.0 Å². The highest BCUT2D eigenvalue weighted by Gasteiger charge is 2.18. The molecule has 178 valence electrons. The van der Waals surface area contributed by atoms with Crippen LogP contribution in [0, 0.1) is 0 Å². The van der Waals surface area contributed by atoms with Crippen LogP contribution in [0.15, 0.2) is 58.9 Å². The van der Waals surface area contributed by atoms with Crippen molar-refractivity contribution >= 4 is 45.2 Å². The number of aromatic nitrogens is 4. The molecule has 0 saturated carbocycles. The van der Waals surface area contributed by atoms with Crippen molar-refractivity contribution < 1.29 is 15.0 Å². The lowest BCUT2D eigenvalue weighted by atomic mass is 10.0. The van der Waals surface area contributed by atoms with Gasteiger partial charge in [0.25, 0.3) is 5.91 Å². The fourth-order valence-corrected chi connectivity index (χ4v) is 5.04. The molecule has 0 saturated heterocycles. The Hall–Kier alpha value is -3.60. The lowest BCUT2D eigenvalue weighted by molar-refractivity contribution is 0.0651. The van der Waals surface area contributed by atoms with Gasteiger partial charge in [0.2, 0.25) is 5.88 Å². The first-order valence-electron chi connectivity index (χ1n) is 10.9. The van der Waals surface area contributed by atoms with E-state index in [1.54, 1.807) is 36.6 Å². The second-order valence-electron chi connectivity index (χ2n) is 8.82. The number of thiophene rings is 1. The summed E-state index contributed by atoms with van der Waals surface area (Å²) in [6, 6.07) is 9.10. The number of aliphatic hydroxyl groups is 1. The molecule has 0 radical (unpaired) electrons. The molecule has 8 nitrogen and oxygen atoms in total. The third-order valence-corrected chi connectivity index (χ3v) is 7.03. The molecule has 0 fully saturated rings. The quantitative estimate of drug-likeness (QED) is 0.273. The summed E-state index contributed by atoms with van der Waals surface area (Å²) in [5.41, 5.74) is 3.60. The Bertz CT molecular complexity index is 1480. The standard InChI is InChI=1S/C25H23N5O3S2/c1-25(2,33)6-7-30-12-17-9-20(18(10-19(17)29-30)16-5-8-34-13-16)27-23(32)21-14-35-24(28-21)15-3-4-22(31)26-11-15/h3-5,8-14,33H,6-7H2,1-2H3,(H,26,31)(H,27,32). The summed E-state index contributed by atoms with van der Waals surface area (Å²) in [5, 5.41) is 34.4. The number of benzene rings is 1. The average Bonchev–Trinajstić information content (AvgIpc) is 3.57. The Morgan fingerprint density at radius 3 is 2.74 bits per heavy atom. The molecule has 1 amide bonds. The number of rotatable bonds is 7. The van der Waals surface area contributed by atoms with Crippen LogP contribution in [0.4, 0.5) is 5.69 Å². The Labute approximate surface area is 209 Å². The predicted octanol–water partition coefficient (Wildman–Crippen LogP) is 5.40. The van der Waals surface area contributed by atoms with Gasteiger partial charge in [-0.2, -0.15) is 16.4 Å². The van der Waals surface area contributed by atoms with Crippen LogP contribution in [0.25, 0.3) is 32.6 Å². The summed E-state index contributed by atoms with van der Waals surface area (Å²) in [7, 11) is 0. The van der Waals surface area contributed by atoms with Gasteiger partial charge in [-0.1, -0.05) is 0 Å². The zero-order chi connectivity index (χ0) is 24.6. The average molecular weight is 506 g/mol. The molecule has 0 aliphatic heterocycles. The number of anilines is 1. The number of nitrogens with one attached hydrogen (secondary N) is 1. The van der Waals surface area contributed by atoms with Crippen LogP contribution in [0.3, 0.4) is 0 Å². The number of pyridine rings is 1. The van der Waals surface area contributed by atoms with Crippen LogP contribution in [-0.2, 0) is 6.54 Å². The van der Waals surface area contributed by atoms with Crippen LogP contribution in [0.5, 0.6) is 5.88 Å². The minimum absolute atomic E-state index is 0.0666. The second kappa shape index (κ2) is 9.21. The molecule has 0 aliphatic carbocycles. The van der Waals surface area contributed by atoms with E-state index in [0.29, 0.717) is 29.4 Å². The molecule has 0 spiro atoms. The first-order valence-corrected chi connectivity index (χ1v) is 12.8. The first-order chi connectivity index (χ1) is 16.7. The molecule has 0 bridgehead atoms. The van der Waals surface area contributed by atoms with Gasteiger partial charge in [-0.25, -0.2) is 9.97 Å². The van der Waals surface area contributed by atoms with Gasteiger partial charge in [0, 0.05) is 52.6 Å². The van der Waals surface area contributed by atoms with Gasteiger partial charge in [0.05, 0.1) is 11.1 Å². The monoisotopic (exact) mass is 505 g/mol. The third-order valence-electron chi connectivity index (χ3n) is 5.46. The van der Waals surface area contributed by atoms with E-state index in [2.05, 4.69) is 20.4 Å². The van der Waals surface area contributed by atoms with E-state index in [4.69, 9.17) is 0 Å². The second-order valence-corrected chi connectivity index (χ2v) is 10.5. The van der Waals surface area contributed by atoms with E-state index in [0.717, 1.165) is 27.6 Å². The molecule has 1 aromatic carbocycles. The summed E-state index contributed by atoms with van der Waals surface area (Å²) >= 11 is 2.92. The molecule has 5 rings (SSSR count). The predicted molar refractivity (Wildman–Crippen MR) is 139 cm³/mol. The zero-order valence-electron chi connectivity index (χ0n) is 19.1. The number of aryl methyl sites for hydroxylation is 1. The van der Waals surface area contributed by atoms with E-state index in [1.807, 2.05) is 39.8 Å². The summed E-state index contributed by atoms with van der Waals surface area (Å²) in [6.45, 7) is 4.14. The van der Waals surface area contributed by atoms with Crippen molar-refractivity contribution in [1.82, 2.24) is 19.7 Å². The van der Waals surface area contributed by atoms with Gasteiger partial charge in [0.1, 0.15) is 10.7 Å². The number of nitrogens with zero attached hydrogens (tertiary/aromatic N) is 4. The Kier molecular flexibility index (Phi) is 6.10. The molecule has 4 aromatic heterocycles. The topological polar surface area (TPSA) is 113 Å². The summed E-state index contributed by atoms with van der Waals surface area (Å²) < 4.78 is 1.82. The molecular weight excluding hydrogens is 482 g/mol. The summed E-state index contributed by atoms with van der Waals surface area (Å²) in [5.74, 6) is -0.382. The maximum atomic E-state index is 13.1. The number of aromatic hydroxyl groups is 1. The SMILES string of the molecule is CC(C)(O)CCn1cc2cc(NC(=O)c3csc(-c4ccc(O)nc4)n3)c(-c3ccsc3)cc2n1. The molecule has 5 aromatic rings. The van der Waals surface area contributed by atoms with Crippen molar-refractivity contribution in [2.24, 2.45) is 0 Å². The van der Waals surface area contributed by atoms with E-state index in [1.165, 1.54) is 23.6 Å². The maximum absolute atomic E-state index is 13.1. The summed E-state index contributed by atoms with van der Waals surface area (Å²) in [4.78, 5) is 21.5. The lowest BCUT2D eigenvalue weighted by Gasteiger charge is -2.16. The Morgan fingerprint density at radius 2 is 2.03 bits per heavy atom. The molecular formula is C25H23N5O3S2. The molecule has 35 heavy (non-hydrogen) atoms. The number of thiazole rings is 1. The number of fused-ring (bicyclic) bond motifs is 1. The van der Waals surface area contributed by atoms with Crippen molar-refractivity contribution in [3.63, 3.8) is 0 Å². The largest absolute Gasteiger partial charge is 0.493 e. The third kappa shape index (κ3) is 5.24. The Morgan fingerprint density at radius 1 is 1.17 bits per heavy atom. The number of hydrogen-bond acceptors (Lipinski definition) is 8.